The van der Waals surface area contributed by atoms with Gasteiger partial charge in [0.05, 0.1) is 11.9 Å². The van der Waals surface area contributed by atoms with Crippen molar-refractivity contribution in [2.75, 3.05) is 17.7 Å². The fourth-order valence-electron chi connectivity index (χ4n) is 2.56. The van der Waals surface area contributed by atoms with Gasteiger partial charge in [0.1, 0.15) is 6.33 Å². The van der Waals surface area contributed by atoms with Gasteiger partial charge >= 0.3 is 0 Å². The Balaban J connectivity index is 2.12. The number of anilines is 2. The lowest BCUT2D eigenvalue weighted by molar-refractivity contribution is 0.335. The molecule has 1 aromatic rings. The third-order valence-corrected chi connectivity index (χ3v) is 3.51. The average Bonchev–Trinajstić information content (AvgIpc) is 2.29. The third kappa shape index (κ3) is 2.26. The molecule has 1 heterocycles. The van der Waals surface area contributed by atoms with Crippen LogP contribution in [0.25, 0.3) is 0 Å². The van der Waals surface area contributed by atoms with E-state index in [2.05, 4.69) is 28.8 Å². The predicted molar refractivity (Wildman–Crippen MR) is 66.3 cm³/mol. The molecule has 2 unspecified atom stereocenters. The van der Waals surface area contributed by atoms with Crippen LogP contribution in [0.1, 0.15) is 32.6 Å². The molecule has 1 aliphatic carbocycles. The molecule has 0 aliphatic heterocycles. The Labute approximate surface area is 96.9 Å². The molecule has 1 aliphatic rings. The van der Waals surface area contributed by atoms with Crippen LogP contribution in [0.15, 0.2) is 12.5 Å². The first-order chi connectivity index (χ1) is 7.68. The lowest BCUT2D eigenvalue weighted by Gasteiger charge is -2.35. The Bertz CT molecular complexity index is 353. The fourth-order valence-corrected chi connectivity index (χ4v) is 2.56. The van der Waals surface area contributed by atoms with Gasteiger partial charge in [-0.25, -0.2) is 9.97 Å². The first-order valence-electron chi connectivity index (χ1n) is 5.96. The van der Waals surface area contributed by atoms with E-state index in [1.807, 2.05) is 0 Å². The summed E-state index contributed by atoms with van der Waals surface area (Å²) >= 11 is 0. The molecule has 16 heavy (non-hydrogen) atoms. The van der Waals surface area contributed by atoms with Crippen molar-refractivity contribution < 1.29 is 0 Å². The number of nitrogens with zero attached hydrogens (tertiary/aromatic N) is 3. The summed E-state index contributed by atoms with van der Waals surface area (Å²) in [6.45, 7) is 2.32. The van der Waals surface area contributed by atoms with Gasteiger partial charge in [0.2, 0.25) is 0 Å². The molecule has 2 N–H and O–H groups in total. The second-order valence-electron chi connectivity index (χ2n) is 4.84. The number of nitrogens with two attached hydrogens (primary N) is 1. The van der Waals surface area contributed by atoms with Gasteiger partial charge in [-0.1, -0.05) is 19.8 Å². The van der Waals surface area contributed by atoms with E-state index in [0.29, 0.717) is 11.7 Å². The highest BCUT2D eigenvalue weighted by Crippen LogP contribution is 2.30. The van der Waals surface area contributed by atoms with Crippen molar-refractivity contribution in [1.82, 2.24) is 9.97 Å². The first-order valence-corrected chi connectivity index (χ1v) is 5.96. The molecule has 2 rings (SSSR count). The van der Waals surface area contributed by atoms with E-state index in [1.54, 1.807) is 12.5 Å². The first kappa shape index (κ1) is 11.2. The minimum absolute atomic E-state index is 0.570. The highest BCUT2D eigenvalue weighted by atomic mass is 15.2. The predicted octanol–water partition coefficient (Wildman–Crippen LogP) is 2.07. The largest absolute Gasteiger partial charge is 0.394 e. The van der Waals surface area contributed by atoms with Crippen LogP contribution in [0.4, 0.5) is 11.5 Å². The second kappa shape index (κ2) is 4.68. The number of rotatable bonds is 2. The third-order valence-electron chi connectivity index (χ3n) is 3.51. The molecule has 2 atom stereocenters. The summed E-state index contributed by atoms with van der Waals surface area (Å²) in [6, 6.07) is 0.570. The van der Waals surface area contributed by atoms with Crippen LogP contribution in [-0.2, 0) is 0 Å². The Morgan fingerprint density at radius 3 is 2.94 bits per heavy atom. The monoisotopic (exact) mass is 220 g/mol. The zero-order chi connectivity index (χ0) is 11.5. The molecule has 0 aromatic carbocycles. The van der Waals surface area contributed by atoms with Gasteiger partial charge in [-0.3, -0.25) is 0 Å². The summed E-state index contributed by atoms with van der Waals surface area (Å²) in [5.41, 5.74) is 6.57. The highest BCUT2D eigenvalue weighted by molar-refractivity contribution is 5.60. The standard InChI is InChI=1S/C12H20N4/c1-9-4-3-5-10(6-9)16(2)12-11(13)7-14-8-15-12/h7-10H,3-6,13H2,1-2H3. The summed E-state index contributed by atoms with van der Waals surface area (Å²) in [7, 11) is 2.08. The van der Waals surface area contributed by atoms with E-state index < -0.39 is 0 Å². The Morgan fingerprint density at radius 1 is 1.44 bits per heavy atom. The van der Waals surface area contributed by atoms with Crippen molar-refractivity contribution in [3.63, 3.8) is 0 Å². The highest BCUT2D eigenvalue weighted by Gasteiger charge is 2.24. The van der Waals surface area contributed by atoms with Crippen LogP contribution in [0.5, 0.6) is 0 Å². The Morgan fingerprint density at radius 2 is 2.25 bits per heavy atom. The Hall–Kier alpha value is -1.32. The summed E-state index contributed by atoms with van der Waals surface area (Å²) < 4.78 is 0. The average molecular weight is 220 g/mol. The molecule has 0 bridgehead atoms. The fraction of sp³-hybridized carbons (Fsp3) is 0.667. The molecule has 4 nitrogen and oxygen atoms in total. The van der Waals surface area contributed by atoms with Crippen molar-refractivity contribution >= 4 is 11.5 Å². The number of nitrogen functional groups attached to an aromatic ring is 1. The minimum atomic E-state index is 0.570. The van der Waals surface area contributed by atoms with E-state index in [0.717, 1.165) is 11.7 Å². The molecule has 0 spiro atoms. The summed E-state index contributed by atoms with van der Waals surface area (Å²) in [4.78, 5) is 10.4. The molecule has 1 fully saturated rings. The molecule has 1 saturated carbocycles. The molecule has 0 saturated heterocycles. The van der Waals surface area contributed by atoms with E-state index in [4.69, 9.17) is 5.73 Å². The quantitative estimate of drug-likeness (QED) is 0.829. The Kier molecular flexibility index (Phi) is 3.27. The number of aromatic nitrogens is 2. The van der Waals surface area contributed by atoms with Crippen molar-refractivity contribution in [3.8, 4) is 0 Å². The molecule has 1 aromatic heterocycles. The van der Waals surface area contributed by atoms with E-state index in [9.17, 15) is 0 Å². The maximum atomic E-state index is 5.90. The molecule has 0 radical (unpaired) electrons. The van der Waals surface area contributed by atoms with Gasteiger partial charge in [0, 0.05) is 13.1 Å². The van der Waals surface area contributed by atoms with Crippen LogP contribution in [-0.4, -0.2) is 23.1 Å². The van der Waals surface area contributed by atoms with Gasteiger partial charge < -0.3 is 10.6 Å². The SMILES string of the molecule is CC1CCCC(N(C)c2ncncc2N)C1. The van der Waals surface area contributed by atoms with Gasteiger partial charge in [-0.2, -0.15) is 0 Å². The van der Waals surface area contributed by atoms with Crippen LogP contribution >= 0.6 is 0 Å². The number of hydrogen-bond acceptors (Lipinski definition) is 4. The van der Waals surface area contributed by atoms with Gasteiger partial charge in [-0.05, 0) is 18.8 Å². The molecular weight excluding hydrogens is 200 g/mol. The maximum Gasteiger partial charge on any atom is 0.155 e. The zero-order valence-corrected chi connectivity index (χ0v) is 10.1. The second-order valence-corrected chi connectivity index (χ2v) is 4.84. The molecule has 0 amide bonds. The van der Waals surface area contributed by atoms with Crippen molar-refractivity contribution in [3.05, 3.63) is 12.5 Å². The van der Waals surface area contributed by atoms with Gasteiger partial charge in [0.25, 0.3) is 0 Å². The van der Waals surface area contributed by atoms with Crippen molar-refractivity contribution in [1.29, 1.82) is 0 Å². The van der Waals surface area contributed by atoms with E-state index >= 15 is 0 Å². The van der Waals surface area contributed by atoms with Crippen LogP contribution in [0.2, 0.25) is 0 Å². The zero-order valence-electron chi connectivity index (χ0n) is 10.1. The summed E-state index contributed by atoms with van der Waals surface area (Å²) in [6.07, 6.45) is 8.37. The molecule has 88 valence electrons. The van der Waals surface area contributed by atoms with E-state index in [-0.39, 0.29) is 0 Å². The normalized spacial score (nSPS) is 25.4. The van der Waals surface area contributed by atoms with Crippen LogP contribution in [0.3, 0.4) is 0 Å². The van der Waals surface area contributed by atoms with E-state index in [1.165, 1.54) is 25.7 Å². The lowest BCUT2D eigenvalue weighted by Crippen LogP contribution is -2.36. The van der Waals surface area contributed by atoms with Crippen molar-refractivity contribution in [2.45, 2.75) is 38.6 Å². The van der Waals surface area contributed by atoms with Crippen LogP contribution < -0.4 is 10.6 Å². The topological polar surface area (TPSA) is 55.0 Å². The smallest absolute Gasteiger partial charge is 0.155 e. The van der Waals surface area contributed by atoms with Gasteiger partial charge in [-0.15, -0.1) is 0 Å². The summed E-state index contributed by atoms with van der Waals surface area (Å²) in [5, 5.41) is 0. The van der Waals surface area contributed by atoms with Crippen LogP contribution in [0, 0.1) is 5.92 Å². The summed E-state index contributed by atoms with van der Waals surface area (Å²) in [5.74, 6) is 1.68. The van der Waals surface area contributed by atoms with Crippen molar-refractivity contribution in [2.24, 2.45) is 5.92 Å². The lowest BCUT2D eigenvalue weighted by atomic mass is 9.86. The number of hydrogen-bond donors (Lipinski definition) is 1. The van der Waals surface area contributed by atoms with Gasteiger partial charge in [0.15, 0.2) is 5.82 Å². The minimum Gasteiger partial charge on any atom is -0.394 e. The maximum absolute atomic E-state index is 5.90. The molecule has 4 heteroatoms. The molecular formula is C12H20N4.